The van der Waals surface area contributed by atoms with Crippen molar-refractivity contribution in [3.8, 4) is 0 Å². The van der Waals surface area contributed by atoms with E-state index in [1.165, 1.54) is 12.1 Å². The number of hydrogen-bond donors (Lipinski definition) is 1. The van der Waals surface area contributed by atoms with Crippen LogP contribution in [0, 0.1) is 0 Å². The van der Waals surface area contributed by atoms with Crippen molar-refractivity contribution in [1.82, 2.24) is 0 Å². The average molecular weight is 357 g/mol. The second-order valence-corrected chi connectivity index (χ2v) is 6.57. The summed E-state index contributed by atoms with van der Waals surface area (Å²) in [6.07, 6.45) is -0.912. The van der Waals surface area contributed by atoms with E-state index >= 15 is 0 Å². The summed E-state index contributed by atoms with van der Waals surface area (Å²) in [4.78, 5) is 0.0510. The normalized spacial score (nSPS) is 13.1. The largest absolute Gasteiger partial charge is 0.393 e. The molecule has 0 saturated heterocycles. The molecule has 2 rings (SSSR count). The fourth-order valence-electron chi connectivity index (χ4n) is 1.67. The molecule has 4 nitrogen and oxygen atoms in total. The maximum atomic E-state index is 12.1. The lowest BCUT2D eigenvalue weighted by Gasteiger charge is -2.15. The molecule has 1 atom stereocenters. The molecule has 2 aromatic carbocycles. The van der Waals surface area contributed by atoms with Crippen LogP contribution in [0.15, 0.2) is 64.0 Å². The van der Waals surface area contributed by atoms with Crippen LogP contribution in [0.3, 0.4) is 0 Å². The van der Waals surface area contributed by atoms with Crippen molar-refractivity contribution in [3.63, 3.8) is 0 Å². The Balaban J connectivity index is 2.24. The maximum Gasteiger partial charge on any atom is 0.297 e. The molecule has 0 bridgehead atoms. The number of aliphatic hydroxyl groups is 1. The first-order valence-electron chi connectivity index (χ1n) is 5.87. The van der Waals surface area contributed by atoms with Gasteiger partial charge < -0.3 is 5.11 Å². The number of benzene rings is 2. The molecule has 106 valence electrons. The van der Waals surface area contributed by atoms with Gasteiger partial charge in [0.05, 0.1) is 11.5 Å². The predicted octanol–water partition coefficient (Wildman–Crippen LogP) is 2.89. The van der Waals surface area contributed by atoms with Crippen LogP contribution < -0.4 is 0 Å². The van der Waals surface area contributed by atoms with Crippen LogP contribution in [0.5, 0.6) is 0 Å². The molecule has 0 spiro atoms. The molecular weight excluding hydrogens is 344 g/mol. The van der Waals surface area contributed by atoms with E-state index in [1.54, 1.807) is 42.5 Å². The minimum absolute atomic E-state index is 0.0510. The molecule has 2 aromatic rings. The summed E-state index contributed by atoms with van der Waals surface area (Å²) in [6.45, 7) is -0.417. The molecule has 0 aromatic heterocycles. The fraction of sp³-hybridized carbons (Fsp3) is 0.143. The van der Waals surface area contributed by atoms with E-state index in [-0.39, 0.29) is 4.90 Å². The lowest BCUT2D eigenvalue weighted by molar-refractivity contribution is 0.122. The van der Waals surface area contributed by atoms with Crippen LogP contribution in [-0.4, -0.2) is 20.1 Å². The standard InChI is InChI=1S/C14H13BrO4S/c15-12-6-8-13(9-7-12)20(17,18)19-14(10-16)11-4-2-1-3-5-11/h1-9,14,16H,10H2/t14-/m0/s1. The lowest BCUT2D eigenvalue weighted by atomic mass is 10.1. The molecule has 0 heterocycles. The van der Waals surface area contributed by atoms with Crippen LogP contribution in [0.2, 0.25) is 0 Å². The predicted molar refractivity (Wildman–Crippen MR) is 78.7 cm³/mol. The molecule has 0 saturated carbocycles. The zero-order valence-electron chi connectivity index (χ0n) is 10.4. The Morgan fingerprint density at radius 3 is 2.20 bits per heavy atom. The number of rotatable bonds is 5. The van der Waals surface area contributed by atoms with E-state index in [4.69, 9.17) is 4.18 Å². The summed E-state index contributed by atoms with van der Waals surface area (Å²) >= 11 is 3.24. The topological polar surface area (TPSA) is 63.6 Å². The summed E-state index contributed by atoms with van der Waals surface area (Å²) in [5, 5.41) is 9.34. The summed E-state index contributed by atoms with van der Waals surface area (Å²) in [6, 6.07) is 14.9. The van der Waals surface area contributed by atoms with Crippen molar-refractivity contribution < 1.29 is 17.7 Å². The van der Waals surface area contributed by atoms with Gasteiger partial charge in [0.2, 0.25) is 0 Å². The first kappa shape index (κ1) is 15.2. The molecule has 0 amide bonds. The Bertz CT molecular complexity index is 653. The van der Waals surface area contributed by atoms with E-state index in [0.717, 1.165) is 4.47 Å². The Labute approximate surface area is 126 Å². The van der Waals surface area contributed by atoms with Crippen molar-refractivity contribution in [2.24, 2.45) is 0 Å². The van der Waals surface area contributed by atoms with Gasteiger partial charge in [-0.05, 0) is 29.8 Å². The first-order valence-corrected chi connectivity index (χ1v) is 8.08. The van der Waals surface area contributed by atoms with Crippen LogP contribution in [0.4, 0.5) is 0 Å². The van der Waals surface area contributed by atoms with Gasteiger partial charge in [-0.1, -0.05) is 46.3 Å². The van der Waals surface area contributed by atoms with Gasteiger partial charge >= 0.3 is 0 Å². The second kappa shape index (κ2) is 6.49. The zero-order chi connectivity index (χ0) is 14.6. The van der Waals surface area contributed by atoms with Gasteiger partial charge in [-0.3, -0.25) is 4.18 Å². The summed E-state index contributed by atoms with van der Waals surface area (Å²) in [5.74, 6) is 0. The summed E-state index contributed by atoms with van der Waals surface area (Å²) in [7, 11) is -3.92. The Morgan fingerprint density at radius 1 is 1.05 bits per heavy atom. The highest BCUT2D eigenvalue weighted by atomic mass is 79.9. The van der Waals surface area contributed by atoms with Crippen LogP contribution in [0.25, 0.3) is 0 Å². The van der Waals surface area contributed by atoms with Crippen molar-refractivity contribution in [1.29, 1.82) is 0 Å². The molecule has 0 aliphatic heterocycles. The third-order valence-electron chi connectivity index (χ3n) is 2.68. The van der Waals surface area contributed by atoms with Gasteiger partial charge in [-0.15, -0.1) is 0 Å². The third kappa shape index (κ3) is 3.67. The van der Waals surface area contributed by atoms with Gasteiger partial charge in [-0.25, -0.2) is 0 Å². The fourth-order valence-corrected chi connectivity index (χ4v) is 2.99. The average Bonchev–Trinajstić information content (AvgIpc) is 2.46. The van der Waals surface area contributed by atoms with Crippen LogP contribution in [-0.2, 0) is 14.3 Å². The van der Waals surface area contributed by atoms with E-state index in [2.05, 4.69) is 15.9 Å². The van der Waals surface area contributed by atoms with Crippen molar-refractivity contribution in [2.45, 2.75) is 11.0 Å². The summed E-state index contributed by atoms with van der Waals surface area (Å²) in [5.41, 5.74) is 0.607. The Kier molecular flexibility index (Phi) is 4.93. The molecule has 0 aliphatic carbocycles. The van der Waals surface area contributed by atoms with Gasteiger partial charge in [0.25, 0.3) is 10.1 Å². The maximum absolute atomic E-state index is 12.1. The van der Waals surface area contributed by atoms with Crippen LogP contribution >= 0.6 is 15.9 Å². The highest BCUT2D eigenvalue weighted by Gasteiger charge is 2.22. The minimum atomic E-state index is -3.92. The Hall–Kier alpha value is -1.21. The molecule has 20 heavy (non-hydrogen) atoms. The molecule has 0 fully saturated rings. The van der Waals surface area contributed by atoms with Gasteiger partial charge in [0, 0.05) is 4.47 Å². The molecule has 0 radical (unpaired) electrons. The zero-order valence-corrected chi connectivity index (χ0v) is 12.8. The van der Waals surface area contributed by atoms with Gasteiger partial charge in [0.15, 0.2) is 0 Å². The number of aliphatic hydroxyl groups excluding tert-OH is 1. The quantitative estimate of drug-likeness (QED) is 0.836. The van der Waals surface area contributed by atoms with Gasteiger partial charge in [0.1, 0.15) is 6.10 Å². The van der Waals surface area contributed by atoms with E-state index in [1.807, 2.05) is 0 Å². The summed E-state index contributed by atoms with van der Waals surface area (Å²) < 4.78 is 30.2. The smallest absolute Gasteiger partial charge is 0.297 e. The van der Waals surface area contributed by atoms with E-state index < -0.39 is 22.8 Å². The van der Waals surface area contributed by atoms with Crippen LogP contribution in [0.1, 0.15) is 11.7 Å². The SMILES string of the molecule is O=S(=O)(O[C@@H](CO)c1ccccc1)c1ccc(Br)cc1. The van der Waals surface area contributed by atoms with Crippen molar-refractivity contribution in [3.05, 3.63) is 64.6 Å². The number of hydrogen-bond acceptors (Lipinski definition) is 4. The molecular formula is C14H13BrO4S. The monoisotopic (exact) mass is 356 g/mol. The van der Waals surface area contributed by atoms with Crippen molar-refractivity contribution in [2.75, 3.05) is 6.61 Å². The lowest BCUT2D eigenvalue weighted by Crippen LogP contribution is -2.15. The molecule has 6 heteroatoms. The van der Waals surface area contributed by atoms with Crippen molar-refractivity contribution >= 4 is 26.0 Å². The number of halogens is 1. The molecule has 0 unspecified atom stereocenters. The third-order valence-corrected chi connectivity index (χ3v) is 4.55. The highest BCUT2D eigenvalue weighted by Crippen LogP contribution is 2.24. The van der Waals surface area contributed by atoms with E-state index in [9.17, 15) is 13.5 Å². The van der Waals surface area contributed by atoms with E-state index in [0.29, 0.717) is 5.56 Å². The minimum Gasteiger partial charge on any atom is -0.393 e. The highest BCUT2D eigenvalue weighted by molar-refractivity contribution is 9.10. The Morgan fingerprint density at radius 2 is 1.65 bits per heavy atom. The first-order chi connectivity index (χ1) is 9.53. The molecule has 0 aliphatic rings. The second-order valence-electron chi connectivity index (χ2n) is 4.09. The molecule has 1 N–H and O–H groups in total. The van der Waals surface area contributed by atoms with Gasteiger partial charge in [-0.2, -0.15) is 8.42 Å².